The SMILES string of the molecule is CCCCc1ccc(C=C(CSC(C)=O)B2OC(C)(C)C(C)(C)O2)cc1. The maximum atomic E-state index is 11.5. The Morgan fingerprint density at radius 2 is 1.69 bits per heavy atom. The molecule has 0 amide bonds. The second-order valence-electron chi connectivity index (χ2n) is 7.93. The van der Waals surface area contributed by atoms with E-state index in [-0.39, 0.29) is 16.3 Å². The van der Waals surface area contributed by atoms with Gasteiger partial charge in [0.1, 0.15) is 0 Å². The van der Waals surface area contributed by atoms with E-state index >= 15 is 0 Å². The van der Waals surface area contributed by atoms with Crippen molar-refractivity contribution in [3.8, 4) is 0 Å². The quantitative estimate of drug-likeness (QED) is 0.605. The summed E-state index contributed by atoms with van der Waals surface area (Å²) < 4.78 is 12.4. The Morgan fingerprint density at radius 1 is 1.12 bits per heavy atom. The average molecular weight is 374 g/mol. The average Bonchev–Trinajstić information content (AvgIpc) is 2.78. The van der Waals surface area contributed by atoms with Crippen LogP contribution in [0.5, 0.6) is 0 Å². The van der Waals surface area contributed by atoms with Crippen LogP contribution in [-0.4, -0.2) is 29.2 Å². The summed E-state index contributed by atoms with van der Waals surface area (Å²) in [4.78, 5) is 11.5. The standard InChI is InChI=1S/C21H31BO3S/c1-7-8-9-17-10-12-18(13-11-17)14-19(15-26-16(2)23)22-24-20(3,4)21(5,6)25-22/h10-14H,7-9,15H2,1-6H3. The lowest BCUT2D eigenvalue weighted by Crippen LogP contribution is -2.41. The lowest BCUT2D eigenvalue weighted by Gasteiger charge is -2.32. The first-order chi connectivity index (χ1) is 12.1. The van der Waals surface area contributed by atoms with E-state index in [1.165, 1.54) is 30.2 Å². The molecule has 0 N–H and O–H groups in total. The van der Waals surface area contributed by atoms with Crippen molar-refractivity contribution in [1.82, 2.24) is 0 Å². The molecule has 5 heteroatoms. The van der Waals surface area contributed by atoms with Crippen LogP contribution in [0.3, 0.4) is 0 Å². The molecule has 0 saturated carbocycles. The van der Waals surface area contributed by atoms with E-state index in [4.69, 9.17) is 9.31 Å². The Hall–Kier alpha value is -1.04. The molecule has 1 aliphatic heterocycles. The summed E-state index contributed by atoms with van der Waals surface area (Å²) in [6.07, 6.45) is 5.63. The molecule has 0 unspecified atom stereocenters. The highest BCUT2D eigenvalue weighted by molar-refractivity contribution is 8.13. The van der Waals surface area contributed by atoms with E-state index in [1.807, 2.05) is 27.7 Å². The van der Waals surface area contributed by atoms with Crippen molar-refractivity contribution in [2.75, 3.05) is 5.75 Å². The molecule has 0 aliphatic carbocycles. The molecule has 0 atom stereocenters. The molecule has 0 spiro atoms. The minimum absolute atomic E-state index is 0.0994. The Labute approximate surface area is 163 Å². The Morgan fingerprint density at radius 3 is 2.19 bits per heavy atom. The number of thioether (sulfide) groups is 1. The minimum Gasteiger partial charge on any atom is -0.400 e. The third-order valence-electron chi connectivity index (χ3n) is 5.15. The van der Waals surface area contributed by atoms with Gasteiger partial charge in [-0.1, -0.05) is 55.4 Å². The fourth-order valence-corrected chi connectivity index (χ4v) is 3.32. The van der Waals surface area contributed by atoms with E-state index in [2.05, 4.69) is 37.3 Å². The first-order valence-corrected chi connectivity index (χ1v) is 10.4. The van der Waals surface area contributed by atoms with Gasteiger partial charge in [-0.25, -0.2) is 0 Å². The zero-order chi connectivity index (χ0) is 19.4. The second-order valence-corrected chi connectivity index (χ2v) is 9.09. The molecule has 0 bridgehead atoms. The van der Waals surface area contributed by atoms with Crippen LogP contribution < -0.4 is 0 Å². The molecule has 0 radical (unpaired) electrons. The summed E-state index contributed by atoms with van der Waals surface area (Å²) in [5, 5.41) is 0.0994. The summed E-state index contributed by atoms with van der Waals surface area (Å²) in [6, 6.07) is 8.63. The van der Waals surface area contributed by atoms with Gasteiger partial charge in [0.2, 0.25) is 0 Å². The third kappa shape index (κ3) is 5.48. The number of hydrogen-bond donors (Lipinski definition) is 0. The van der Waals surface area contributed by atoms with Crippen molar-refractivity contribution < 1.29 is 14.1 Å². The van der Waals surface area contributed by atoms with Crippen molar-refractivity contribution in [2.45, 2.75) is 72.0 Å². The third-order valence-corrected chi connectivity index (χ3v) is 6.03. The van der Waals surface area contributed by atoms with Crippen LogP contribution in [0.15, 0.2) is 29.7 Å². The predicted octanol–water partition coefficient (Wildman–Crippen LogP) is 5.32. The molecular formula is C21H31BO3S. The molecule has 26 heavy (non-hydrogen) atoms. The maximum absolute atomic E-state index is 11.5. The molecule has 0 aromatic heterocycles. The molecule has 142 valence electrons. The number of unbranched alkanes of at least 4 members (excludes halogenated alkanes) is 1. The Balaban J connectivity index is 2.21. The van der Waals surface area contributed by atoms with Crippen molar-refractivity contribution in [2.24, 2.45) is 0 Å². The van der Waals surface area contributed by atoms with Gasteiger partial charge in [0.05, 0.1) is 11.2 Å². The van der Waals surface area contributed by atoms with Crippen LogP contribution in [0.4, 0.5) is 0 Å². The maximum Gasteiger partial charge on any atom is 0.491 e. The molecular weight excluding hydrogens is 343 g/mol. The van der Waals surface area contributed by atoms with E-state index in [1.54, 1.807) is 6.92 Å². The van der Waals surface area contributed by atoms with E-state index in [0.717, 1.165) is 17.5 Å². The number of hydrogen-bond acceptors (Lipinski definition) is 4. The number of aryl methyl sites for hydroxylation is 1. The largest absolute Gasteiger partial charge is 0.491 e. The van der Waals surface area contributed by atoms with Crippen molar-refractivity contribution in [3.05, 3.63) is 40.9 Å². The lowest BCUT2D eigenvalue weighted by atomic mass is 9.78. The summed E-state index contributed by atoms with van der Waals surface area (Å²) in [5.41, 5.74) is 2.69. The first-order valence-electron chi connectivity index (χ1n) is 9.43. The molecule has 1 aliphatic rings. The van der Waals surface area contributed by atoms with Gasteiger partial charge in [-0.05, 0) is 57.1 Å². The fourth-order valence-electron chi connectivity index (χ4n) is 2.73. The summed E-state index contributed by atoms with van der Waals surface area (Å²) in [7, 11) is -0.424. The zero-order valence-corrected chi connectivity index (χ0v) is 17.7. The van der Waals surface area contributed by atoms with Crippen LogP contribution in [0, 0.1) is 0 Å². The fraction of sp³-hybridized carbons (Fsp3) is 0.571. The zero-order valence-electron chi connectivity index (χ0n) is 16.9. The van der Waals surface area contributed by atoms with Crippen molar-refractivity contribution >= 4 is 30.1 Å². The van der Waals surface area contributed by atoms with Gasteiger partial charge in [-0.15, -0.1) is 0 Å². The number of benzene rings is 1. The molecule has 3 nitrogen and oxygen atoms in total. The van der Waals surface area contributed by atoms with Crippen LogP contribution in [0.25, 0.3) is 6.08 Å². The van der Waals surface area contributed by atoms with Gasteiger partial charge >= 0.3 is 7.12 Å². The summed E-state index contributed by atoms with van der Waals surface area (Å²) >= 11 is 1.29. The van der Waals surface area contributed by atoms with Gasteiger partial charge in [-0.3, -0.25) is 4.79 Å². The second kappa shape index (κ2) is 8.77. The highest BCUT2D eigenvalue weighted by Crippen LogP contribution is 2.39. The minimum atomic E-state index is -0.424. The molecule has 1 fully saturated rings. The van der Waals surface area contributed by atoms with Crippen molar-refractivity contribution in [3.63, 3.8) is 0 Å². The van der Waals surface area contributed by atoms with E-state index in [0.29, 0.717) is 5.75 Å². The highest BCUT2D eigenvalue weighted by Gasteiger charge is 2.52. The van der Waals surface area contributed by atoms with E-state index in [9.17, 15) is 4.79 Å². The Kier molecular flexibility index (Phi) is 7.17. The monoisotopic (exact) mass is 374 g/mol. The van der Waals surface area contributed by atoms with Gasteiger partial charge < -0.3 is 9.31 Å². The smallest absolute Gasteiger partial charge is 0.400 e. The van der Waals surface area contributed by atoms with Crippen molar-refractivity contribution in [1.29, 1.82) is 0 Å². The molecule has 2 rings (SSSR count). The molecule has 1 heterocycles. The topological polar surface area (TPSA) is 35.5 Å². The molecule has 1 aromatic rings. The van der Waals surface area contributed by atoms with Crippen LogP contribution in [-0.2, 0) is 20.5 Å². The molecule has 1 aromatic carbocycles. The lowest BCUT2D eigenvalue weighted by molar-refractivity contribution is -0.109. The first kappa shape index (κ1) is 21.3. The van der Waals surface area contributed by atoms with Crippen LogP contribution in [0.2, 0.25) is 0 Å². The highest BCUT2D eigenvalue weighted by atomic mass is 32.2. The van der Waals surface area contributed by atoms with Gasteiger partial charge in [-0.2, -0.15) is 0 Å². The van der Waals surface area contributed by atoms with Gasteiger partial charge in [0, 0.05) is 12.7 Å². The number of carbonyl (C=O) groups excluding carboxylic acids is 1. The normalized spacial score (nSPS) is 19.0. The number of carbonyl (C=O) groups is 1. The number of rotatable bonds is 7. The summed E-state index contributed by atoms with van der Waals surface area (Å²) in [5.74, 6) is 0.573. The van der Waals surface area contributed by atoms with Crippen LogP contribution >= 0.6 is 11.8 Å². The van der Waals surface area contributed by atoms with Gasteiger partial charge in [0.25, 0.3) is 0 Å². The van der Waals surface area contributed by atoms with E-state index < -0.39 is 7.12 Å². The Bertz CT molecular complexity index is 634. The predicted molar refractivity (Wildman–Crippen MR) is 112 cm³/mol. The van der Waals surface area contributed by atoms with Gasteiger partial charge in [0.15, 0.2) is 5.12 Å². The summed E-state index contributed by atoms with van der Waals surface area (Å²) in [6.45, 7) is 12.0. The molecule has 1 saturated heterocycles. The van der Waals surface area contributed by atoms with Crippen LogP contribution in [0.1, 0.15) is 65.5 Å².